The van der Waals surface area contributed by atoms with Crippen LogP contribution in [0.15, 0.2) is 22.8 Å². The second kappa shape index (κ2) is 3.25. The third-order valence-electron chi connectivity index (χ3n) is 1.73. The van der Waals surface area contributed by atoms with Crippen LogP contribution in [0.4, 0.5) is 0 Å². The number of hydrogen-bond acceptors (Lipinski definition) is 2. The first-order valence-electron chi connectivity index (χ1n) is 3.66. The number of hydrogen-bond donors (Lipinski definition) is 1. The molecule has 0 saturated heterocycles. The van der Waals surface area contributed by atoms with Gasteiger partial charge in [0.1, 0.15) is 10.8 Å². The minimum atomic E-state index is -1.13. The van der Waals surface area contributed by atoms with E-state index in [4.69, 9.17) is 16.7 Å². The van der Waals surface area contributed by atoms with Crippen LogP contribution in [0, 0.1) is 0 Å². The van der Waals surface area contributed by atoms with E-state index in [1.165, 1.54) is 4.40 Å². The van der Waals surface area contributed by atoms with Crippen LogP contribution in [0.5, 0.6) is 0 Å². The van der Waals surface area contributed by atoms with Gasteiger partial charge in [-0.2, -0.15) is 0 Å². The highest BCUT2D eigenvalue weighted by Crippen LogP contribution is 2.20. The molecule has 2 heterocycles. The van der Waals surface area contributed by atoms with Gasteiger partial charge < -0.3 is 5.11 Å². The number of nitrogens with zero attached hydrogens (tertiary/aromatic N) is 2. The van der Waals surface area contributed by atoms with Crippen molar-refractivity contribution < 1.29 is 9.90 Å². The van der Waals surface area contributed by atoms with E-state index in [9.17, 15) is 4.79 Å². The number of aromatic nitrogens is 2. The van der Waals surface area contributed by atoms with Gasteiger partial charge in [-0.15, -0.1) is 0 Å². The Morgan fingerprint density at radius 1 is 1.57 bits per heavy atom. The van der Waals surface area contributed by atoms with Gasteiger partial charge in [0.25, 0.3) is 0 Å². The maximum Gasteiger partial charge on any atom is 0.357 e. The highest BCUT2D eigenvalue weighted by atomic mass is 79.9. The first-order chi connectivity index (χ1) is 6.59. The van der Waals surface area contributed by atoms with Crippen LogP contribution in [0.1, 0.15) is 10.5 Å². The van der Waals surface area contributed by atoms with Crippen LogP contribution in [-0.4, -0.2) is 20.5 Å². The molecule has 0 saturated carbocycles. The van der Waals surface area contributed by atoms with Gasteiger partial charge in [-0.25, -0.2) is 9.78 Å². The zero-order valence-electron chi connectivity index (χ0n) is 6.74. The van der Waals surface area contributed by atoms with Gasteiger partial charge in [0.05, 0.1) is 0 Å². The molecule has 0 bridgehead atoms. The Bertz CT molecular complexity index is 523. The molecule has 72 valence electrons. The number of carboxylic acid groups (broad SMARTS) is 1. The third kappa shape index (κ3) is 1.38. The average molecular weight is 275 g/mol. The van der Waals surface area contributed by atoms with Gasteiger partial charge in [-0.3, -0.25) is 4.40 Å². The van der Waals surface area contributed by atoms with Crippen LogP contribution < -0.4 is 0 Å². The molecule has 0 unspecified atom stereocenters. The minimum absolute atomic E-state index is 0.105. The average Bonchev–Trinajstić information content (AvgIpc) is 2.44. The number of fused-ring (bicyclic) bond motifs is 1. The van der Waals surface area contributed by atoms with E-state index in [-0.39, 0.29) is 10.8 Å². The first-order valence-corrected chi connectivity index (χ1v) is 4.83. The smallest absolute Gasteiger partial charge is 0.357 e. The summed E-state index contributed by atoms with van der Waals surface area (Å²) in [6, 6.07) is 3.45. The quantitative estimate of drug-likeness (QED) is 0.870. The normalized spacial score (nSPS) is 10.7. The molecule has 1 N–H and O–H groups in total. The highest BCUT2D eigenvalue weighted by molar-refractivity contribution is 9.10. The Morgan fingerprint density at radius 3 is 2.93 bits per heavy atom. The fraction of sp³-hybridized carbons (Fsp3) is 0. The Labute approximate surface area is 92.3 Å². The molecule has 0 atom stereocenters. The molecule has 14 heavy (non-hydrogen) atoms. The number of carbonyl (C=O) groups is 1. The van der Waals surface area contributed by atoms with Crippen molar-refractivity contribution in [2.24, 2.45) is 0 Å². The molecule has 4 nitrogen and oxygen atoms in total. The topological polar surface area (TPSA) is 54.6 Å². The van der Waals surface area contributed by atoms with E-state index < -0.39 is 5.97 Å². The second-order valence-corrected chi connectivity index (χ2v) is 3.91. The van der Waals surface area contributed by atoms with Crippen molar-refractivity contribution in [3.05, 3.63) is 33.6 Å². The SMILES string of the molecule is O=C(O)c1nc2ccc(Br)cn2c1Cl. The Hall–Kier alpha value is -1.07. The maximum absolute atomic E-state index is 10.7. The van der Waals surface area contributed by atoms with Gasteiger partial charge in [0, 0.05) is 10.7 Å². The third-order valence-corrected chi connectivity index (χ3v) is 2.56. The summed E-state index contributed by atoms with van der Waals surface area (Å²) in [6.45, 7) is 0. The second-order valence-electron chi connectivity index (χ2n) is 2.63. The molecule has 0 aliphatic carbocycles. The molecule has 0 aliphatic heterocycles. The first kappa shape index (κ1) is 9.48. The van der Waals surface area contributed by atoms with Crippen LogP contribution in [0.25, 0.3) is 5.65 Å². The van der Waals surface area contributed by atoms with Gasteiger partial charge in [-0.1, -0.05) is 11.6 Å². The predicted molar refractivity (Wildman–Crippen MR) is 54.9 cm³/mol. The molecule has 0 aromatic carbocycles. The molecule has 0 aliphatic rings. The van der Waals surface area contributed by atoms with Crippen molar-refractivity contribution in [2.75, 3.05) is 0 Å². The fourth-order valence-corrected chi connectivity index (χ4v) is 1.72. The number of imidazole rings is 1. The summed E-state index contributed by atoms with van der Waals surface area (Å²) in [6.07, 6.45) is 1.66. The summed E-state index contributed by atoms with van der Waals surface area (Å²) in [5.41, 5.74) is 0.375. The van der Waals surface area contributed by atoms with Gasteiger partial charge in [0.15, 0.2) is 5.69 Å². The zero-order chi connectivity index (χ0) is 10.3. The predicted octanol–water partition coefficient (Wildman–Crippen LogP) is 2.45. The molecular formula is C8H4BrClN2O2. The van der Waals surface area contributed by atoms with Crippen molar-refractivity contribution in [3.63, 3.8) is 0 Å². The lowest BCUT2D eigenvalue weighted by Gasteiger charge is -1.94. The van der Waals surface area contributed by atoms with Gasteiger partial charge >= 0.3 is 5.97 Å². The number of halogens is 2. The van der Waals surface area contributed by atoms with Crippen LogP contribution >= 0.6 is 27.5 Å². The van der Waals surface area contributed by atoms with E-state index >= 15 is 0 Å². The molecule has 0 fully saturated rings. The monoisotopic (exact) mass is 274 g/mol. The highest BCUT2D eigenvalue weighted by Gasteiger charge is 2.15. The number of pyridine rings is 1. The van der Waals surface area contributed by atoms with E-state index in [1.54, 1.807) is 18.3 Å². The van der Waals surface area contributed by atoms with Crippen molar-refractivity contribution in [2.45, 2.75) is 0 Å². The molecule has 2 rings (SSSR count). The molecule has 0 radical (unpaired) electrons. The molecule has 2 aromatic rings. The Morgan fingerprint density at radius 2 is 2.29 bits per heavy atom. The lowest BCUT2D eigenvalue weighted by atomic mass is 10.5. The zero-order valence-corrected chi connectivity index (χ0v) is 9.08. The Kier molecular flexibility index (Phi) is 2.20. The number of carboxylic acids is 1. The van der Waals surface area contributed by atoms with Crippen LogP contribution in [0.2, 0.25) is 5.15 Å². The molecular weight excluding hydrogens is 271 g/mol. The van der Waals surface area contributed by atoms with Crippen molar-refractivity contribution in [1.82, 2.24) is 9.38 Å². The molecule has 6 heteroatoms. The van der Waals surface area contributed by atoms with E-state index in [0.29, 0.717) is 5.65 Å². The summed E-state index contributed by atoms with van der Waals surface area (Å²) in [5.74, 6) is -1.13. The summed E-state index contributed by atoms with van der Waals surface area (Å²) < 4.78 is 2.32. The van der Waals surface area contributed by atoms with E-state index in [2.05, 4.69) is 20.9 Å². The van der Waals surface area contributed by atoms with Crippen LogP contribution in [-0.2, 0) is 0 Å². The molecule has 0 amide bonds. The van der Waals surface area contributed by atoms with Crippen molar-refractivity contribution >= 4 is 39.1 Å². The van der Waals surface area contributed by atoms with E-state index in [0.717, 1.165) is 4.47 Å². The van der Waals surface area contributed by atoms with Crippen LogP contribution in [0.3, 0.4) is 0 Å². The number of rotatable bonds is 1. The summed E-state index contributed by atoms with van der Waals surface area (Å²) in [7, 11) is 0. The maximum atomic E-state index is 10.7. The molecule has 0 spiro atoms. The summed E-state index contributed by atoms with van der Waals surface area (Å²) in [5, 5.41) is 8.87. The van der Waals surface area contributed by atoms with Crippen molar-refractivity contribution in [1.29, 1.82) is 0 Å². The Balaban J connectivity index is 2.80. The number of aromatic carboxylic acids is 1. The lowest BCUT2D eigenvalue weighted by Crippen LogP contribution is -1.96. The fourth-order valence-electron chi connectivity index (χ4n) is 1.13. The summed E-state index contributed by atoms with van der Waals surface area (Å²) in [4.78, 5) is 14.6. The lowest BCUT2D eigenvalue weighted by molar-refractivity contribution is 0.0691. The van der Waals surface area contributed by atoms with Crippen molar-refractivity contribution in [3.8, 4) is 0 Å². The molecule has 2 aromatic heterocycles. The van der Waals surface area contributed by atoms with Gasteiger partial charge in [-0.05, 0) is 28.1 Å². The minimum Gasteiger partial charge on any atom is -0.476 e. The largest absolute Gasteiger partial charge is 0.476 e. The van der Waals surface area contributed by atoms with Gasteiger partial charge in [0.2, 0.25) is 0 Å². The van der Waals surface area contributed by atoms with E-state index in [1.807, 2.05) is 0 Å². The standard InChI is InChI=1S/C8H4BrClN2O2/c9-4-1-2-5-11-6(8(13)14)7(10)12(5)3-4/h1-3H,(H,13,14). The summed E-state index contributed by atoms with van der Waals surface area (Å²) >= 11 is 9.08.